The van der Waals surface area contributed by atoms with Crippen LogP contribution in [0.25, 0.3) is 5.32 Å². The molecular weight excluding hydrogens is 371 g/mol. The molecule has 1 radical (unpaired) electrons. The van der Waals surface area contributed by atoms with Gasteiger partial charge in [0.25, 0.3) is 0 Å². The Bertz CT molecular complexity index is 86.5. The van der Waals surface area contributed by atoms with Crippen LogP contribution in [0.4, 0.5) is 0 Å². The molecule has 0 aromatic heterocycles. The van der Waals surface area contributed by atoms with E-state index in [4.69, 9.17) is 4.74 Å². The van der Waals surface area contributed by atoms with E-state index in [2.05, 4.69) is 10.6 Å². The fourth-order valence-electron chi connectivity index (χ4n) is 1.03. The van der Waals surface area contributed by atoms with Crippen molar-refractivity contribution in [3.05, 3.63) is 5.32 Å². The van der Waals surface area contributed by atoms with Crippen molar-refractivity contribution in [2.24, 2.45) is 0 Å². The van der Waals surface area contributed by atoms with Gasteiger partial charge in [-0.05, 0) is 13.5 Å². The van der Waals surface area contributed by atoms with E-state index in [0.717, 1.165) is 32.7 Å². The SMILES string of the molecule is CNCCO[C@@H]1CC[N-]C1.[Am]. The van der Waals surface area contributed by atoms with Crippen LogP contribution in [-0.4, -0.2) is 39.4 Å². The molecule has 0 unspecified atom stereocenters. The summed E-state index contributed by atoms with van der Waals surface area (Å²) in [5.41, 5.74) is 0. The van der Waals surface area contributed by atoms with Gasteiger partial charge in [0.15, 0.2) is 0 Å². The van der Waals surface area contributed by atoms with Gasteiger partial charge in [-0.15, -0.1) is 13.1 Å². The monoisotopic (exact) mass is 384 g/mol. The Labute approximate surface area is 76.1 Å². The molecule has 0 amide bonds. The van der Waals surface area contributed by atoms with Crippen molar-refractivity contribution in [3.8, 4) is 0 Å². The van der Waals surface area contributed by atoms with Gasteiger partial charge in [-0.3, -0.25) is 0 Å². The molecule has 67 valence electrons. The fraction of sp³-hybridized carbons (Fsp3) is 1.00. The fourth-order valence-corrected chi connectivity index (χ4v) is 1.03. The quantitative estimate of drug-likeness (QED) is 0.709. The van der Waals surface area contributed by atoms with Gasteiger partial charge >= 0.3 is 0 Å². The molecule has 0 aromatic carbocycles. The average Bonchev–Trinajstić information content (AvgIpc) is 2.41. The summed E-state index contributed by atoms with van der Waals surface area (Å²) < 4.78 is 5.49. The molecule has 0 spiro atoms. The second kappa shape index (κ2) is 6.95. The van der Waals surface area contributed by atoms with Crippen molar-refractivity contribution in [2.45, 2.75) is 12.5 Å². The minimum absolute atomic E-state index is 0. The third-order valence-electron chi connectivity index (χ3n) is 1.65. The summed E-state index contributed by atoms with van der Waals surface area (Å²) in [5.74, 6) is 0. The van der Waals surface area contributed by atoms with Crippen molar-refractivity contribution in [2.75, 3.05) is 33.3 Å². The molecule has 1 aliphatic rings. The van der Waals surface area contributed by atoms with Crippen molar-refractivity contribution in [1.29, 1.82) is 0 Å². The number of hydrogen-bond donors (Lipinski definition) is 1. The average molecular weight is 386 g/mol. The van der Waals surface area contributed by atoms with Crippen molar-refractivity contribution in [1.82, 2.24) is 5.32 Å². The minimum Gasteiger partial charge on any atom is -0.660 e. The topological polar surface area (TPSA) is 35.4 Å². The van der Waals surface area contributed by atoms with Gasteiger partial charge in [-0.1, -0.05) is 0 Å². The Hall–Kier alpha value is 0.270. The van der Waals surface area contributed by atoms with Crippen LogP contribution in [0, 0.1) is 14.3 Å². The molecule has 1 heterocycles. The first-order valence-electron chi connectivity index (χ1n) is 3.83. The van der Waals surface area contributed by atoms with Gasteiger partial charge in [0.1, 0.15) is 0 Å². The summed E-state index contributed by atoms with van der Waals surface area (Å²) >= 11 is 0. The van der Waals surface area contributed by atoms with Crippen LogP contribution >= 0.6 is 0 Å². The molecule has 0 aromatic rings. The van der Waals surface area contributed by atoms with E-state index in [1.54, 1.807) is 0 Å². The molecule has 1 fully saturated rings. The number of ether oxygens (including phenoxy) is 1. The van der Waals surface area contributed by atoms with Crippen LogP contribution in [0.2, 0.25) is 0 Å². The number of nitrogens with one attached hydrogen (secondary N) is 1. The second-order valence-corrected chi connectivity index (χ2v) is 2.51. The first-order chi connectivity index (χ1) is 4.93. The van der Waals surface area contributed by atoms with Crippen LogP contribution in [0.3, 0.4) is 0 Å². The van der Waals surface area contributed by atoms with Crippen LogP contribution in [0.15, 0.2) is 0 Å². The third kappa shape index (κ3) is 4.67. The van der Waals surface area contributed by atoms with E-state index < -0.39 is 0 Å². The van der Waals surface area contributed by atoms with Crippen molar-refractivity contribution < 1.29 is 19.0 Å². The van der Waals surface area contributed by atoms with Crippen LogP contribution in [-0.2, 0) is 4.74 Å². The number of nitrogens with zero attached hydrogens (tertiary/aromatic N) is 1. The summed E-state index contributed by atoms with van der Waals surface area (Å²) in [6, 6.07) is 0. The Morgan fingerprint density at radius 3 is 3.00 bits per heavy atom. The molecule has 1 N–H and O–H groups in total. The summed E-state index contributed by atoms with van der Waals surface area (Å²) in [4.78, 5) is 0. The summed E-state index contributed by atoms with van der Waals surface area (Å²) in [5, 5.41) is 7.23. The Morgan fingerprint density at radius 1 is 1.64 bits per heavy atom. The first-order valence-corrected chi connectivity index (χ1v) is 3.83. The maximum Gasteiger partial charge on any atom is 0.0593 e. The zero-order valence-corrected chi connectivity index (χ0v) is 9.99. The maximum atomic E-state index is 5.49. The van der Waals surface area contributed by atoms with Gasteiger partial charge in [0.2, 0.25) is 0 Å². The van der Waals surface area contributed by atoms with Gasteiger partial charge in [-0.2, -0.15) is 0 Å². The molecule has 0 aliphatic carbocycles. The summed E-state index contributed by atoms with van der Waals surface area (Å²) in [7, 11) is 1.93. The first kappa shape index (κ1) is 11.3. The Balaban J connectivity index is 0.000001000. The number of likely N-dealkylation sites (N-methyl/N-ethyl adjacent to an activating group) is 1. The van der Waals surface area contributed by atoms with E-state index in [0.29, 0.717) is 6.10 Å². The predicted octanol–water partition coefficient (Wildman–Crippen LogP) is 0.368. The van der Waals surface area contributed by atoms with Gasteiger partial charge in [0.05, 0.1) is 6.61 Å². The van der Waals surface area contributed by atoms with E-state index in [1.165, 1.54) is 0 Å². The zero-order chi connectivity index (χ0) is 7.23. The maximum absolute atomic E-state index is 5.49. The van der Waals surface area contributed by atoms with Gasteiger partial charge in [0, 0.05) is 26.9 Å². The smallest absolute Gasteiger partial charge is 0.0593 e. The van der Waals surface area contributed by atoms with E-state index >= 15 is 0 Å². The molecule has 0 saturated carbocycles. The summed E-state index contributed by atoms with van der Waals surface area (Å²) in [6.07, 6.45) is 1.53. The van der Waals surface area contributed by atoms with E-state index in [9.17, 15) is 0 Å². The summed E-state index contributed by atoms with van der Waals surface area (Å²) in [6.45, 7) is 3.65. The number of hydrogen-bond acceptors (Lipinski definition) is 2. The van der Waals surface area contributed by atoms with Crippen molar-refractivity contribution in [3.63, 3.8) is 0 Å². The molecule has 11 heavy (non-hydrogen) atoms. The van der Waals surface area contributed by atoms with Gasteiger partial charge < -0.3 is 15.4 Å². The molecule has 1 aliphatic heterocycles. The molecule has 0 bridgehead atoms. The normalized spacial score (nSPS) is 23.2. The second-order valence-electron chi connectivity index (χ2n) is 2.51. The van der Waals surface area contributed by atoms with Crippen LogP contribution in [0.5, 0.6) is 0 Å². The van der Waals surface area contributed by atoms with E-state index in [-0.39, 0.29) is 14.3 Å². The minimum atomic E-state index is 0. The number of rotatable bonds is 4. The largest absolute Gasteiger partial charge is 0.660 e. The standard InChI is InChI=1S/C7H15N2O.Am/c1-8-4-5-10-7-2-3-9-6-7;/h7-8H,2-6H2,1H3;/q-1;/t7-;/m1./s1. The van der Waals surface area contributed by atoms with Crippen LogP contribution < -0.4 is 5.32 Å². The predicted molar refractivity (Wildman–Crippen MR) is 41.4 cm³/mol. The molecule has 4 heteroatoms. The molecule has 1 rings (SSSR count). The molecule has 1 atom stereocenters. The van der Waals surface area contributed by atoms with E-state index in [1.807, 2.05) is 7.05 Å². The van der Waals surface area contributed by atoms with Crippen molar-refractivity contribution >= 4 is 0 Å². The van der Waals surface area contributed by atoms with Crippen LogP contribution in [0.1, 0.15) is 6.42 Å². The molecule has 3 nitrogen and oxygen atoms in total. The third-order valence-corrected chi connectivity index (χ3v) is 1.65. The molecule has 1 saturated heterocycles. The zero-order valence-electron chi connectivity index (χ0n) is 6.85. The Kier molecular flexibility index (Phi) is 7.12. The Morgan fingerprint density at radius 2 is 2.45 bits per heavy atom. The molecular formula is C7H15AmN2O-. The van der Waals surface area contributed by atoms with Gasteiger partial charge in [-0.25, -0.2) is 0 Å².